The summed E-state index contributed by atoms with van der Waals surface area (Å²) < 4.78 is 0. The molecule has 19 heavy (non-hydrogen) atoms. The monoisotopic (exact) mass is 257 g/mol. The molecule has 0 amide bonds. The van der Waals surface area contributed by atoms with Crippen LogP contribution in [0.1, 0.15) is 31.0 Å². The lowest BCUT2D eigenvalue weighted by molar-refractivity contribution is 0.785. The quantitative estimate of drug-likeness (QED) is 0.883. The lowest BCUT2D eigenvalue weighted by atomic mass is 10.0. The van der Waals surface area contributed by atoms with Crippen LogP contribution in [0.25, 0.3) is 11.4 Å². The molecule has 2 N–H and O–H groups in total. The zero-order chi connectivity index (χ0) is 13.8. The molecule has 0 atom stereocenters. The van der Waals surface area contributed by atoms with Crippen molar-refractivity contribution in [3.63, 3.8) is 0 Å². The Morgan fingerprint density at radius 2 is 1.95 bits per heavy atom. The van der Waals surface area contributed by atoms with Crippen LogP contribution >= 0.6 is 0 Å². The molecule has 0 spiro atoms. The molecule has 0 unspecified atom stereocenters. The minimum Gasteiger partial charge on any atom is -0.314 e. The van der Waals surface area contributed by atoms with Gasteiger partial charge in [-0.2, -0.15) is 0 Å². The van der Waals surface area contributed by atoms with Gasteiger partial charge in [0.2, 0.25) is 0 Å². The number of aromatic amines is 1. The summed E-state index contributed by atoms with van der Waals surface area (Å²) in [6, 6.07) is 9.66. The van der Waals surface area contributed by atoms with E-state index in [9.17, 15) is 4.79 Å². The van der Waals surface area contributed by atoms with E-state index in [1.54, 1.807) is 0 Å². The van der Waals surface area contributed by atoms with E-state index in [1.807, 2.05) is 19.2 Å². The fourth-order valence-electron chi connectivity index (χ4n) is 1.94. The minimum absolute atomic E-state index is 0.122. The second-order valence-electron chi connectivity index (χ2n) is 4.89. The van der Waals surface area contributed by atoms with Crippen molar-refractivity contribution in [2.45, 2.75) is 26.3 Å². The van der Waals surface area contributed by atoms with Gasteiger partial charge in [-0.25, -0.2) is 4.98 Å². The van der Waals surface area contributed by atoms with E-state index in [0.717, 1.165) is 11.3 Å². The highest BCUT2D eigenvalue weighted by Crippen LogP contribution is 2.19. The summed E-state index contributed by atoms with van der Waals surface area (Å²) in [6.45, 7) is 4.90. The SMILES string of the molecule is CNCc1cc(=O)[nH]c(-c2ccc(C(C)C)cc2)n1. The van der Waals surface area contributed by atoms with Crippen molar-refractivity contribution in [1.29, 1.82) is 0 Å². The predicted octanol–water partition coefficient (Wildman–Crippen LogP) is 2.28. The molecule has 0 fully saturated rings. The third-order valence-electron chi connectivity index (χ3n) is 3.00. The highest BCUT2D eigenvalue weighted by Gasteiger charge is 2.05. The van der Waals surface area contributed by atoms with Crippen LogP contribution in [0.5, 0.6) is 0 Å². The predicted molar refractivity (Wildman–Crippen MR) is 77.1 cm³/mol. The molecule has 1 aromatic heterocycles. The third kappa shape index (κ3) is 3.29. The average Bonchev–Trinajstić information content (AvgIpc) is 2.38. The molecule has 0 bridgehead atoms. The van der Waals surface area contributed by atoms with Gasteiger partial charge >= 0.3 is 0 Å². The maximum absolute atomic E-state index is 11.6. The molecule has 2 rings (SSSR count). The van der Waals surface area contributed by atoms with E-state index in [1.165, 1.54) is 11.6 Å². The fourth-order valence-corrected chi connectivity index (χ4v) is 1.94. The van der Waals surface area contributed by atoms with Gasteiger partial charge in [0.15, 0.2) is 0 Å². The number of H-pyrrole nitrogens is 1. The maximum Gasteiger partial charge on any atom is 0.251 e. The van der Waals surface area contributed by atoms with E-state index < -0.39 is 0 Å². The number of rotatable bonds is 4. The Kier molecular flexibility index (Phi) is 4.12. The van der Waals surface area contributed by atoms with Crippen LogP contribution in [0.3, 0.4) is 0 Å². The van der Waals surface area contributed by atoms with Crippen LogP contribution in [0.2, 0.25) is 0 Å². The molecule has 0 saturated heterocycles. The highest BCUT2D eigenvalue weighted by atomic mass is 16.1. The van der Waals surface area contributed by atoms with E-state index in [0.29, 0.717) is 18.3 Å². The summed E-state index contributed by atoms with van der Waals surface area (Å²) in [5.41, 5.74) is 2.83. The summed E-state index contributed by atoms with van der Waals surface area (Å²) in [4.78, 5) is 18.8. The van der Waals surface area contributed by atoms with Crippen molar-refractivity contribution in [2.75, 3.05) is 7.05 Å². The van der Waals surface area contributed by atoms with Crippen molar-refractivity contribution >= 4 is 0 Å². The van der Waals surface area contributed by atoms with E-state index in [4.69, 9.17) is 0 Å². The van der Waals surface area contributed by atoms with Gasteiger partial charge in [-0.1, -0.05) is 38.1 Å². The number of benzene rings is 1. The van der Waals surface area contributed by atoms with Gasteiger partial charge in [-0.15, -0.1) is 0 Å². The van der Waals surface area contributed by atoms with Crippen LogP contribution in [0.15, 0.2) is 35.1 Å². The molecule has 0 aliphatic rings. The number of nitrogens with zero attached hydrogens (tertiary/aromatic N) is 1. The number of hydrogen-bond donors (Lipinski definition) is 2. The van der Waals surface area contributed by atoms with Gasteiger partial charge in [0.25, 0.3) is 5.56 Å². The van der Waals surface area contributed by atoms with Crippen LogP contribution in [-0.2, 0) is 6.54 Å². The molecule has 0 aliphatic carbocycles. The average molecular weight is 257 g/mol. The molecule has 0 radical (unpaired) electrons. The van der Waals surface area contributed by atoms with E-state index in [2.05, 4.69) is 41.3 Å². The summed E-state index contributed by atoms with van der Waals surface area (Å²) in [6.07, 6.45) is 0. The smallest absolute Gasteiger partial charge is 0.251 e. The van der Waals surface area contributed by atoms with E-state index >= 15 is 0 Å². The molecule has 4 heteroatoms. The topological polar surface area (TPSA) is 57.8 Å². The summed E-state index contributed by atoms with van der Waals surface area (Å²) in [5, 5.41) is 3.00. The van der Waals surface area contributed by atoms with Gasteiger partial charge in [-0.05, 0) is 18.5 Å². The number of hydrogen-bond acceptors (Lipinski definition) is 3. The first-order valence-electron chi connectivity index (χ1n) is 6.45. The molecular formula is C15H19N3O. The van der Waals surface area contributed by atoms with Crippen molar-refractivity contribution in [2.24, 2.45) is 0 Å². The second kappa shape index (κ2) is 5.80. The first kappa shape index (κ1) is 13.5. The fraction of sp³-hybridized carbons (Fsp3) is 0.333. The second-order valence-corrected chi connectivity index (χ2v) is 4.89. The van der Waals surface area contributed by atoms with Crippen molar-refractivity contribution in [3.8, 4) is 11.4 Å². The Hall–Kier alpha value is -1.94. The first-order valence-corrected chi connectivity index (χ1v) is 6.45. The van der Waals surface area contributed by atoms with Gasteiger partial charge in [0, 0.05) is 18.2 Å². The Morgan fingerprint density at radius 1 is 1.26 bits per heavy atom. The van der Waals surface area contributed by atoms with Gasteiger partial charge in [0.05, 0.1) is 5.69 Å². The lowest BCUT2D eigenvalue weighted by Crippen LogP contribution is -2.14. The largest absolute Gasteiger partial charge is 0.314 e. The number of aromatic nitrogens is 2. The Labute approximate surface area is 112 Å². The van der Waals surface area contributed by atoms with Crippen LogP contribution in [0, 0.1) is 0 Å². The third-order valence-corrected chi connectivity index (χ3v) is 3.00. The van der Waals surface area contributed by atoms with Crippen LogP contribution in [-0.4, -0.2) is 17.0 Å². The molecule has 4 nitrogen and oxygen atoms in total. The summed E-state index contributed by atoms with van der Waals surface area (Å²) in [7, 11) is 1.83. The van der Waals surface area contributed by atoms with Crippen LogP contribution in [0.4, 0.5) is 0 Å². The summed E-state index contributed by atoms with van der Waals surface area (Å²) in [5.74, 6) is 1.12. The van der Waals surface area contributed by atoms with Crippen molar-refractivity contribution < 1.29 is 0 Å². The highest BCUT2D eigenvalue weighted by molar-refractivity contribution is 5.55. The molecule has 2 aromatic rings. The Balaban J connectivity index is 2.38. The minimum atomic E-state index is -0.122. The Morgan fingerprint density at radius 3 is 2.53 bits per heavy atom. The van der Waals surface area contributed by atoms with Crippen LogP contribution < -0.4 is 10.9 Å². The Bertz CT molecular complexity index is 600. The van der Waals surface area contributed by atoms with Gasteiger partial charge < -0.3 is 10.3 Å². The first-order chi connectivity index (χ1) is 9.10. The van der Waals surface area contributed by atoms with Gasteiger partial charge in [-0.3, -0.25) is 4.79 Å². The van der Waals surface area contributed by atoms with Gasteiger partial charge in [0.1, 0.15) is 5.82 Å². The molecule has 0 saturated carbocycles. The number of nitrogens with one attached hydrogen (secondary N) is 2. The van der Waals surface area contributed by atoms with E-state index in [-0.39, 0.29) is 5.56 Å². The van der Waals surface area contributed by atoms with Crippen molar-refractivity contribution in [1.82, 2.24) is 15.3 Å². The zero-order valence-electron chi connectivity index (χ0n) is 11.5. The molecule has 0 aliphatic heterocycles. The lowest BCUT2D eigenvalue weighted by Gasteiger charge is -2.07. The molecule has 1 aromatic carbocycles. The normalized spacial score (nSPS) is 10.9. The standard InChI is InChI=1S/C15H19N3O/c1-10(2)11-4-6-12(7-5-11)15-17-13(9-16-3)8-14(19)18-15/h4-8,10,16H,9H2,1-3H3,(H,17,18,19). The molecule has 100 valence electrons. The maximum atomic E-state index is 11.6. The molecule has 1 heterocycles. The zero-order valence-corrected chi connectivity index (χ0v) is 11.5. The van der Waals surface area contributed by atoms with Crippen molar-refractivity contribution in [3.05, 3.63) is 51.9 Å². The molecular weight excluding hydrogens is 238 g/mol. The summed E-state index contributed by atoms with van der Waals surface area (Å²) >= 11 is 0.